The minimum absolute atomic E-state index is 0.192. The van der Waals surface area contributed by atoms with E-state index in [0.29, 0.717) is 18.4 Å². The largest absolute Gasteiger partial charge is 0.492 e. The minimum Gasteiger partial charge on any atom is -0.492 e. The summed E-state index contributed by atoms with van der Waals surface area (Å²) in [6, 6.07) is 8.58. The Morgan fingerprint density at radius 3 is 2.33 bits per heavy atom. The minimum atomic E-state index is 0.192. The third-order valence-electron chi connectivity index (χ3n) is 3.99. The van der Waals surface area contributed by atoms with Crippen LogP contribution in [0.15, 0.2) is 24.3 Å². The van der Waals surface area contributed by atoms with E-state index in [1.165, 1.54) is 31.2 Å². The Hall–Kier alpha value is -1.02. The van der Waals surface area contributed by atoms with Gasteiger partial charge in [-0.15, -0.1) is 0 Å². The van der Waals surface area contributed by atoms with E-state index >= 15 is 0 Å². The molecule has 1 aromatic carbocycles. The quantitative estimate of drug-likeness (QED) is 0.861. The van der Waals surface area contributed by atoms with Crippen LogP contribution in [0.1, 0.15) is 51.0 Å². The van der Waals surface area contributed by atoms with Crippen LogP contribution in [0.5, 0.6) is 5.75 Å². The van der Waals surface area contributed by atoms with Gasteiger partial charge in [0.2, 0.25) is 0 Å². The van der Waals surface area contributed by atoms with Crippen molar-refractivity contribution in [2.45, 2.75) is 51.5 Å². The SMILES string of the molecule is CC(C)c1ccc(OCC(N)C2CCCC2)cc1. The maximum Gasteiger partial charge on any atom is 0.119 e. The highest BCUT2D eigenvalue weighted by atomic mass is 16.5. The molecule has 0 aromatic heterocycles. The summed E-state index contributed by atoms with van der Waals surface area (Å²) in [6.45, 7) is 5.05. The highest BCUT2D eigenvalue weighted by Crippen LogP contribution is 2.27. The first-order chi connectivity index (χ1) is 8.66. The first-order valence-electron chi connectivity index (χ1n) is 7.15. The Bertz CT molecular complexity index is 352. The molecule has 0 amide bonds. The second-order valence-electron chi connectivity index (χ2n) is 5.74. The lowest BCUT2D eigenvalue weighted by atomic mass is 10.00. The number of hydrogen-bond acceptors (Lipinski definition) is 2. The molecular weight excluding hydrogens is 222 g/mol. The summed E-state index contributed by atoms with van der Waals surface area (Å²) in [4.78, 5) is 0. The monoisotopic (exact) mass is 247 g/mol. The van der Waals surface area contributed by atoms with Gasteiger partial charge in [0.1, 0.15) is 12.4 Å². The van der Waals surface area contributed by atoms with Gasteiger partial charge in [-0.05, 0) is 42.4 Å². The van der Waals surface area contributed by atoms with Crippen LogP contribution >= 0.6 is 0 Å². The summed E-state index contributed by atoms with van der Waals surface area (Å²) >= 11 is 0. The molecule has 1 aromatic rings. The van der Waals surface area contributed by atoms with Crippen molar-refractivity contribution in [3.05, 3.63) is 29.8 Å². The van der Waals surface area contributed by atoms with E-state index in [-0.39, 0.29) is 6.04 Å². The van der Waals surface area contributed by atoms with Crippen LogP contribution < -0.4 is 10.5 Å². The lowest BCUT2D eigenvalue weighted by Gasteiger charge is -2.19. The molecule has 2 nitrogen and oxygen atoms in total. The topological polar surface area (TPSA) is 35.2 Å². The van der Waals surface area contributed by atoms with Crippen molar-refractivity contribution >= 4 is 0 Å². The molecule has 0 heterocycles. The van der Waals surface area contributed by atoms with Crippen LogP contribution in [-0.4, -0.2) is 12.6 Å². The number of hydrogen-bond donors (Lipinski definition) is 1. The summed E-state index contributed by atoms with van der Waals surface area (Å²) in [5.41, 5.74) is 7.53. The van der Waals surface area contributed by atoms with E-state index in [2.05, 4.69) is 38.1 Å². The fourth-order valence-corrected chi connectivity index (χ4v) is 2.66. The maximum atomic E-state index is 6.18. The first kappa shape index (κ1) is 13.4. The summed E-state index contributed by atoms with van der Waals surface area (Å²) in [5, 5.41) is 0. The van der Waals surface area contributed by atoms with Crippen molar-refractivity contribution in [3.63, 3.8) is 0 Å². The predicted molar refractivity (Wildman–Crippen MR) is 76.0 cm³/mol. The third kappa shape index (κ3) is 3.49. The molecule has 2 N–H and O–H groups in total. The first-order valence-corrected chi connectivity index (χ1v) is 7.15. The van der Waals surface area contributed by atoms with Gasteiger partial charge in [-0.3, -0.25) is 0 Å². The van der Waals surface area contributed by atoms with Gasteiger partial charge in [0.25, 0.3) is 0 Å². The lowest BCUT2D eigenvalue weighted by Crippen LogP contribution is -2.34. The number of rotatable bonds is 5. The van der Waals surface area contributed by atoms with Crippen molar-refractivity contribution in [2.24, 2.45) is 11.7 Å². The maximum absolute atomic E-state index is 6.18. The molecule has 1 fully saturated rings. The molecule has 0 aliphatic heterocycles. The van der Waals surface area contributed by atoms with Crippen molar-refractivity contribution in [3.8, 4) is 5.75 Å². The Morgan fingerprint density at radius 2 is 1.78 bits per heavy atom. The Balaban J connectivity index is 1.82. The zero-order chi connectivity index (χ0) is 13.0. The molecular formula is C16H25NO. The normalized spacial score (nSPS) is 18.2. The number of nitrogens with two attached hydrogens (primary N) is 1. The van der Waals surface area contributed by atoms with Gasteiger partial charge in [0.05, 0.1) is 0 Å². The van der Waals surface area contributed by atoms with Crippen LogP contribution in [0, 0.1) is 5.92 Å². The summed E-state index contributed by atoms with van der Waals surface area (Å²) in [6.07, 6.45) is 5.22. The Kier molecular flexibility index (Phi) is 4.65. The molecule has 1 saturated carbocycles. The smallest absolute Gasteiger partial charge is 0.119 e. The molecule has 1 unspecified atom stereocenters. The van der Waals surface area contributed by atoms with Gasteiger partial charge in [-0.2, -0.15) is 0 Å². The fourth-order valence-electron chi connectivity index (χ4n) is 2.66. The summed E-state index contributed by atoms with van der Waals surface area (Å²) in [7, 11) is 0. The van der Waals surface area contributed by atoms with Crippen LogP contribution in [0.3, 0.4) is 0 Å². The second-order valence-corrected chi connectivity index (χ2v) is 5.74. The standard InChI is InChI=1S/C16H25NO/c1-12(2)13-7-9-15(10-8-13)18-11-16(17)14-5-3-4-6-14/h7-10,12,14,16H,3-6,11,17H2,1-2H3. The van der Waals surface area contributed by atoms with E-state index in [1.807, 2.05) is 0 Å². The van der Waals surface area contributed by atoms with Crippen molar-refractivity contribution < 1.29 is 4.74 Å². The van der Waals surface area contributed by atoms with Crippen molar-refractivity contribution in [1.82, 2.24) is 0 Å². The zero-order valence-electron chi connectivity index (χ0n) is 11.6. The fraction of sp³-hybridized carbons (Fsp3) is 0.625. The molecule has 1 atom stereocenters. The number of ether oxygens (including phenoxy) is 1. The van der Waals surface area contributed by atoms with Gasteiger partial charge >= 0.3 is 0 Å². The summed E-state index contributed by atoms with van der Waals surface area (Å²) in [5.74, 6) is 2.17. The molecule has 0 radical (unpaired) electrons. The van der Waals surface area contributed by atoms with E-state index in [0.717, 1.165) is 5.75 Å². The highest BCUT2D eigenvalue weighted by Gasteiger charge is 2.22. The zero-order valence-corrected chi connectivity index (χ0v) is 11.6. The van der Waals surface area contributed by atoms with Crippen molar-refractivity contribution in [2.75, 3.05) is 6.61 Å². The average Bonchev–Trinajstić information content (AvgIpc) is 2.90. The molecule has 0 spiro atoms. The van der Waals surface area contributed by atoms with E-state index < -0.39 is 0 Å². The molecule has 1 aliphatic carbocycles. The van der Waals surface area contributed by atoms with Gasteiger partial charge in [-0.25, -0.2) is 0 Å². The van der Waals surface area contributed by atoms with Gasteiger partial charge in [0.15, 0.2) is 0 Å². The molecule has 1 aliphatic rings. The van der Waals surface area contributed by atoms with E-state index in [1.54, 1.807) is 0 Å². The van der Waals surface area contributed by atoms with E-state index in [4.69, 9.17) is 10.5 Å². The highest BCUT2D eigenvalue weighted by molar-refractivity contribution is 5.28. The van der Waals surface area contributed by atoms with Crippen LogP contribution in [-0.2, 0) is 0 Å². The molecule has 100 valence electrons. The molecule has 2 heteroatoms. The molecule has 0 bridgehead atoms. The van der Waals surface area contributed by atoms with Crippen LogP contribution in [0.25, 0.3) is 0 Å². The van der Waals surface area contributed by atoms with Gasteiger partial charge < -0.3 is 10.5 Å². The average molecular weight is 247 g/mol. The Labute approximate surface area is 111 Å². The molecule has 2 rings (SSSR count). The van der Waals surface area contributed by atoms with Crippen LogP contribution in [0.4, 0.5) is 0 Å². The Morgan fingerprint density at radius 1 is 1.17 bits per heavy atom. The van der Waals surface area contributed by atoms with Gasteiger partial charge in [-0.1, -0.05) is 38.8 Å². The van der Waals surface area contributed by atoms with E-state index in [9.17, 15) is 0 Å². The van der Waals surface area contributed by atoms with Gasteiger partial charge in [0, 0.05) is 6.04 Å². The number of benzene rings is 1. The molecule has 0 saturated heterocycles. The molecule has 18 heavy (non-hydrogen) atoms. The second kappa shape index (κ2) is 6.24. The van der Waals surface area contributed by atoms with Crippen molar-refractivity contribution in [1.29, 1.82) is 0 Å². The lowest BCUT2D eigenvalue weighted by molar-refractivity contribution is 0.247. The summed E-state index contributed by atoms with van der Waals surface area (Å²) < 4.78 is 5.79. The van der Waals surface area contributed by atoms with Crippen LogP contribution in [0.2, 0.25) is 0 Å². The predicted octanol–water partition coefficient (Wildman–Crippen LogP) is 3.71. The third-order valence-corrected chi connectivity index (χ3v) is 3.99.